The number of ether oxygens (including phenoxy) is 1. The molecule has 0 amide bonds. The highest BCUT2D eigenvalue weighted by atomic mass is 79.9. The lowest BCUT2D eigenvalue weighted by molar-refractivity contribution is 0.0595. The summed E-state index contributed by atoms with van der Waals surface area (Å²) < 4.78 is 14.1. The fraction of sp³-hybridized carbons (Fsp3) is 0.409. The van der Waals surface area contributed by atoms with Gasteiger partial charge in [0.15, 0.2) is 19.7 Å². The van der Waals surface area contributed by atoms with Crippen molar-refractivity contribution in [2.75, 3.05) is 7.11 Å². The van der Waals surface area contributed by atoms with Crippen molar-refractivity contribution < 1.29 is 14.0 Å². The van der Waals surface area contributed by atoms with Gasteiger partial charge < -0.3 is 9.16 Å². The van der Waals surface area contributed by atoms with Crippen LogP contribution in [0.25, 0.3) is 16.7 Å². The average molecular weight is 490 g/mol. The van der Waals surface area contributed by atoms with Crippen molar-refractivity contribution in [3.05, 3.63) is 52.3 Å². The van der Waals surface area contributed by atoms with E-state index in [1.54, 1.807) is 16.9 Å². The van der Waals surface area contributed by atoms with Gasteiger partial charge in [-0.3, -0.25) is 0 Å². The standard InChI is InChI=1S/C22H28BrN3O3Si/c1-14(29-30(6,7)22(2,3)4)15-11-16(23)13-17(12-15)26-20-18(9-8-10-24-20)19(25-26)21(27)28-5/h8-14H,1-7H3. The number of pyridine rings is 1. The summed E-state index contributed by atoms with van der Waals surface area (Å²) in [6, 6.07) is 9.64. The minimum Gasteiger partial charge on any atom is -0.464 e. The number of fused-ring (bicyclic) bond motifs is 1. The first-order valence-corrected chi connectivity index (χ1v) is 13.6. The molecule has 0 saturated heterocycles. The molecule has 0 aliphatic carbocycles. The molecule has 0 aliphatic heterocycles. The first kappa shape index (κ1) is 22.6. The molecule has 0 saturated carbocycles. The van der Waals surface area contributed by atoms with Crippen LogP contribution in [0.2, 0.25) is 18.1 Å². The Hall–Kier alpha value is -2.03. The summed E-state index contributed by atoms with van der Waals surface area (Å²) in [4.78, 5) is 16.7. The van der Waals surface area contributed by atoms with Crippen LogP contribution >= 0.6 is 15.9 Å². The number of nitrogens with zero attached hydrogens (tertiary/aromatic N) is 3. The predicted molar refractivity (Wildman–Crippen MR) is 125 cm³/mol. The van der Waals surface area contributed by atoms with Gasteiger partial charge >= 0.3 is 5.97 Å². The SMILES string of the molecule is COC(=O)c1nn(-c2cc(Br)cc(C(C)O[Si](C)(C)C(C)(C)C)c2)c2ncccc12. The zero-order chi connectivity index (χ0) is 22.3. The van der Waals surface area contributed by atoms with E-state index in [2.05, 4.69) is 72.9 Å². The van der Waals surface area contributed by atoms with Crippen LogP contribution in [0.5, 0.6) is 0 Å². The summed E-state index contributed by atoms with van der Waals surface area (Å²) in [5.74, 6) is -0.489. The number of rotatable bonds is 5. The first-order chi connectivity index (χ1) is 13.9. The second-order valence-electron chi connectivity index (χ2n) is 8.89. The molecule has 8 heteroatoms. The lowest BCUT2D eigenvalue weighted by Crippen LogP contribution is -2.41. The molecule has 2 heterocycles. The highest BCUT2D eigenvalue weighted by molar-refractivity contribution is 9.10. The minimum atomic E-state index is -1.94. The van der Waals surface area contributed by atoms with Crippen LogP contribution in [0.3, 0.4) is 0 Å². The van der Waals surface area contributed by atoms with Crippen LogP contribution in [-0.2, 0) is 9.16 Å². The number of halogens is 1. The zero-order valence-electron chi connectivity index (χ0n) is 18.5. The summed E-state index contributed by atoms with van der Waals surface area (Å²) in [6.07, 6.45) is 1.60. The number of aromatic nitrogens is 3. The molecule has 6 nitrogen and oxygen atoms in total. The summed E-state index contributed by atoms with van der Waals surface area (Å²) in [6.45, 7) is 13.3. The molecule has 30 heavy (non-hydrogen) atoms. The van der Waals surface area contributed by atoms with Crippen molar-refractivity contribution in [3.63, 3.8) is 0 Å². The summed E-state index contributed by atoms with van der Waals surface area (Å²) in [7, 11) is -0.588. The van der Waals surface area contributed by atoms with Gasteiger partial charge in [-0.1, -0.05) is 36.7 Å². The number of carbonyl (C=O) groups excluding carboxylic acids is 1. The van der Waals surface area contributed by atoms with Gasteiger partial charge in [0.25, 0.3) is 0 Å². The van der Waals surface area contributed by atoms with Crippen molar-refractivity contribution in [3.8, 4) is 5.69 Å². The van der Waals surface area contributed by atoms with E-state index in [1.165, 1.54) is 7.11 Å². The normalized spacial score (nSPS) is 13.5. The maximum atomic E-state index is 12.2. The Kier molecular flexibility index (Phi) is 6.22. The number of benzene rings is 1. The Morgan fingerprint density at radius 3 is 2.57 bits per heavy atom. The minimum absolute atomic E-state index is 0.0861. The molecule has 1 unspecified atom stereocenters. The van der Waals surface area contributed by atoms with Crippen molar-refractivity contribution >= 4 is 41.3 Å². The van der Waals surface area contributed by atoms with E-state index in [1.807, 2.05) is 18.2 Å². The van der Waals surface area contributed by atoms with Crippen molar-refractivity contribution in [2.24, 2.45) is 0 Å². The Morgan fingerprint density at radius 2 is 1.93 bits per heavy atom. The number of carbonyl (C=O) groups is 1. The average Bonchev–Trinajstić information content (AvgIpc) is 3.05. The molecule has 1 aromatic carbocycles. The molecular weight excluding hydrogens is 462 g/mol. The lowest BCUT2D eigenvalue weighted by Gasteiger charge is -2.38. The van der Waals surface area contributed by atoms with Crippen molar-refractivity contribution in [2.45, 2.75) is 51.9 Å². The molecular formula is C22H28BrN3O3Si. The van der Waals surface area contributed by atoms with Crippen LogP contribution in [0.4, 0.5) is 0 Å². The molecule has 1 atom stereocenters. The molecule has 0 bridgehead atoms. The quantitative estimate of drug-likeness (QED) is 0.322. The number of hydrogen-bond acceptors (Lipinski definition) is 5. The summed E-state index contributed by atoms with van der Waals surface area (Å²) in [5.41, 5.74) is 2.67. The Bertz CT molecular complexity index is 1090. The summed E-state index contributed by atoms with van der Waals surface area (Å²) in [5, 5.41) is 5.28. The van der Waals surface area contributed by atoms with Gasteiger partial charge in [-0.25, -0.2) is 14.5 Å². The maximum absolute atomic E-state index is 12.2. The van der Waals surface area contributed by atoms with Crippen LogP contribution in [-0.4, -0.2) is 36.2 Å². The molecule has 0 N–H and O–H groups in total. The van der Waals surface area contributed by atoms with Crippen LogP contribution in [0, 0.1) is 0 Å². The monoisotopic (exact) mass is 489 g/mol. The van der Waals surface area contributed by atoms with Crippen molar-refractivity contribution in [1.29, 1.82) is 0 Å². The maximum Gasteiger partial charge on any atom is 0.359 e. The number of hydrogen-bond donors (Lipinski definition) is 0. The third-order valence-electron chi connectivity index (χ3n) is 5.72. The second-order valence-corrected chi connectivity index (χ2v) is 14.6. The Balaban J connectivity index is 2.08. The lowest BCUT2D eigenvalue weighted by atomic mass is 10.1. The van der Waals surface area contributed by atoms with Gasteiger partial charge in [-0.2, -0.15) is 5.10 Å². The summed E-state index contributed by atoms with van der Waals surface area (Å²) >= 11 is 3.61. The fourth-order valence-electron chi connectivity index (χ4n) is 3.02. The van der Waals surface area contributed by atoms with E-state index in [-0.39, 0.29) is 16.8 Å². The van der Waals surface area contributed by atoms with E-state index in [4.69, 9.17) is 9.16 Å². The van der Waals surface area contributed by atoms with E-state index >= 15 is 0 Å². The van der Waals surface area contributed by atoms with E-state index in [0.29, 0.717) is 11.0 Å². The molecule has 2 aromatic heterocycles. The van der Waals surface area contributed by atoms with Crippen LogP contribution in [0.15, 0.2) is 41.0 Å². The third-order valence-corrected chi connectivity index (χ3v) is 10.7. The highest BCUT2D eigenvalue weighted by Gasteiger charge is 2.38. The van der Waals surface area contributed by atoms with Gasteiger partial charge in [0, 0.05) is 10.7 Å². The van der Waals surface area contributed by atoms with E-state index < -0.39 is 14.3 Å². The zero-order valence-corrected chi connectivity index (χ0v) is 21.1. The smallest absolute Gasteiger partial charge is 0.359 e. The topological polar surface area (TPSA) is 66.2 Å². The number of methoxy groups -OCH3 is 1. The van der Waals surface area contributed by atoms with Crippen LogP contribution in [0.1, 0.15) is 49.9 Å². The third kappa shape index (κ3) is 4.35. The Labute approximate surface area is 186 Å². The van der Waals surface area contributed by atoms with Gasteiger partial charge in [-0.05, 0) is 61.0 Å². The molecule has 3 rings (SSSR count). The number of esters is 1. The van der Waals surface area contributed by atoms with Gasteiger partial charge in [0.05, 0.1) is 24.3 Å². The Morgan fingerprint density at radius 1 is 1.23 bits per heavy atom. The van der Waals surface area contributed by atoms with Crippen LogP contribution < -0.4 is 0 Å². The molecule has 0 radical (unpaired) electrons. The molecule has 3 aromatic rings. The fourth-order valence-corrected chi connectivity index (χ4v) is 4.89. The predicted octanol–water partition coefficient (Wildman–Crippen LogP) is 6.05. The van der Waals surface area contributed by atoms with E-state index in [9.17, 15) is 4.79 Å². The second kappa shape index (κ2) is 8.24. The van der Waals surface area contributed by atoms with Gasteiger partial charge in [-0.15, -0.1) is 0 Å². The highest BCUT2D eigenvalue weighted by Crippen LogP contribution is 2.40. The largest absolute Gasteiger partial charge is 0.464 e. The van der Waals surface area contributed by atoms with Gasteiger partial charge in [0.2, 0.25) is 0 Å². The molecule has 160 valence electrons. The van der Waals surface area contributed by atoms with E-state index in [0.717, 1.165) is 15.7 Å². The molecule has 0 spiro atoms. The molecule has 0 fully saturated rings. The van der Waals surface area contributed by atoms with Gasteiger partial charge in [0.1, 0.15) is 0 Å². The molecule has 0 aliphatic rings. The first-order valence-electron chi connectivity index (χ1n) is 9.85. The van der Waals surface area contributed by atoms with Crippen molar-refractivity contribution in [1.82, 2.24) is 14.8 Å².